The van der Waals surface area contributed by atoms with Crippen molar-refractivity contribution in [3.8, 4) is 11.5 Å². The Kier molecular flexibility index (Phi) is 8.30. The van der Waals surface area contributed by atoms with E-state index in [1.54, 1.807) is 50.3 Å². The summed E-state index contributed by atoms with van der Waals surface area (Å²) in [6.07, 6.45) is 1.58. The highest BCUT2D eigenvalue weighted by molar-refractivity contribution is 7.07. The summed E-state index contributed by atoms with van der Waals surface area (Å²) in [5.41, 5.74) is 2.25. The van der Waals surface area contributed by atoms with Crippen molar-refractivity contribution in [3.05, 3.63) is 131 Å². The van der Waals surface area contributed by atoms with Crippen molar-refractivity contribution in [2.75, 3.05) is 13.7 Å². The number of methoxy groups -OCH3 is 1. The maximum Gasteiger partial charge on any atom is 0.338 e. The normalized spacial score (nSPS) is 14.6. The molecule has 0 radical (unpaired) electrons. The van der Waals surface area contributed by atoms with Gasteiger partial charge in [0.05, 0.1) is 40.5 Å². The van der Waals surface area contributed by atoms with Crippen molar-refractivity contribution >= 4 is 29.1 Å². The van der Waals surface area contributed by atoms with Gasteiger partial charge < -0.3 is 14.2 Å². The Hall–Kier alpha value is -5.03. The number of esters is 1. The fraction of sp³-hybridized carbons (Fsp3) is 0.194. The molecule has 0 aliphatic carbocycles. The highest BCUT2D eigenvalue weighted by atomic mass is 32.1. The van der Waals surface area contributed by atoms with Crippen molar-refractivity contribution in [1.82, 2.24) is 4.57 Å². The molecule has 0 saturated carbocycles. The standard InChI is InChI=1S/C31H27N3O7S/c1-4-40-30(36)27-19(2)32-31-33(29(35)26(42-31)16-21-11-8-12-23(15-21)34(37)38)28(27)22-13-14-24(25(17-22)39-3)41-18-20-9-6-5-7-10-20/h5-17,28H,4,18H2,1-3H3/b26-16-. The number of nitro groups is 1. The van der Waals surface area contributed by atoms with E-state index in [0.717, 1.165) is 16.9 Å². The molecule has 3 aromatic carbocycles. The molecule has 1 atom stereocenters. The lowest BCUT2D eigenvalue weighted by atomic mass is 9.95. The molecule has 214 valence electrons. The van der Waals surface area contributed by atoms with E-state index < -0.39 is 22.5 Å². The molecule has 0 spiro atoms. The van der Waals surface area contributed by atoms with Gasteiger partial charge in [0, 0.05) is 12.1 Å². The van der Waals surface area contributed by atoms with Crippen molar-refractivity contribution in [2.24, 2.45) is 4.99 Å². The van der Waals surface area contributed by atoms with E-state index in [0.29, 0.717) is 44.3 Å². The number of ether oxygens (including phenoxy) is 3. The van der Waals surface area contributed by atoms with Crippen LogP contribution in [0.25, 0.3) is 6.08 Å². The summed E-state index contributed by atoms with van der Waals surface area (Å²) in [6, 6.07) is 20.1. The maximum atomic E-state index is 13.9. The lowest BCUT2D eigenvalue weighted by molar-refractivity contribution is -0.384. The molecule has 5 rings (SSSR count). The molecular formula is C31H27N3O7S. The summed E-state index contributed by atoms with van der Waals surface area (Å²) < 4.78 is 18.8. The first-order chi connectivity index (χ1) is 20.3. The first-order valence-corrected chi connectivity index (χ1v) is 13.9. The minimum absolute atomic E-state index is 0.0866. The number of rotatable bonds is 9. The molecule has 0 amide bonds. The molecule has 1 aliphatic rings. The molecule has 1 unspecified atom stereocenters. The number of nitrogens with zero attached hydrogens (tertiary/aromatic N) is 3. The number of aromatic nitrogens is 1. The Morgan fingerprint density at radius 3 is 2.60 bits per heavy atom. The second-order valence-corrected chi connectivity index (χ2v) is 10.3. The van der Waals surface area contributed by atoms with E-state index in [-0.39, 0.29) is 17.9 Å². The summed E-state index contributed by atoms with van der Waals surface area (Å²) in [5.74, 6) is 0.349. The molecule has 1 aromatic heterocycles. The van der Waals surface area contributed by atoms with Crippen molar-refractivity contribution < 1.29 is 23.9 Å². The Labute approximate surface area is 244 Å². The monoisotopic (exact) mass is 585 g/mol. The van der Waals surface area contributed by atoms with Crippen molar-refractivity contribution in [3.63, 3.8) is 0 Å². The van der Waals surface area contributed by atoms with Crippen LogP contribution in [-0.2, 0) is 16.1 Å². The third-order valence-corrected chi connectivity index (χ3v) is 7.62. The topological polar surface area (TPSA) is 122 Å². The molecule has 1 aliphatic heterocycles. The number of fused-ring (bicyclic) bond motifs is 1. The minimum atomic E-state index is -0.857. The predicted octanol–water partition coefficient (Wildman–Crippen LogP) is 4.29. The van der Waals surface area contributed by atoms with Crippen molar-refractivity contribution in [1.29, 1.82) is 0 Å². The van der Waals surface area contributed by atoms with Crippen LogP contribution in [0.2, 0.25) is 0 Å². The van der Waals surface area contributed by atoms with Gasteiger partial charge in [0.15, 0.2) is 16.3 Å². The van der Waals surface area contributed by atoms with Gasteiger partial charge in [-0.05, 0) is 48.7 Å². The Morgan fingerprint density at radius 1 is 1.10 bits per heavy atom. The molecule has 42 heavy (non-hydrogen) atoms. The number of hydrogen-bond acceptors (Lipinski definition) is 9. The Balaban J connectivity index is 1.62. The fourth-order valence-corrected chi connectivity index (χ4v) is 5.74. The Morgan fingerprint density at radius 2 is 1.88 bits per heavy atom. The second-order valence-electron chi connectivity index (χ2n) is 9.34. The van der Waals surface area contributed by atoms with E-state index in [1.807, 2.05) is 30.3 Å². The summed E-state index contributed by atoms with van der Waals surface area (Å²) in [6.45, 7) is 3.89. The van der Waals surface area contributed by atoms with Crippen molar-refractivity contribution in [2.45, 2.75) is 26.5 Å². The molecule has 4 aromatic rings. The third kappa shape index (κ3) is 5.72. The highest BCUT2D eigenvalue weighted by Gasteiger charge is 2.34. The molecule has 2 heterocycles. The van der Waals surface area contributed by atoms with Crippen LogP contribution in [0.4, 0.5) is 5.69 Å². The van der Waals surface area contributed by atoms with Crippen LogP contribution in [0.1, 0.15) is 36.6 Å². The second kappa shape index (κ2) is 12.2. The number of nitro benzene ring substituents is 1. The smallest absolute Gasteiger partial charge is 0.338 e. The van der Waals surface area contributed by atoms with Gasteiger partial charge in [-0.15, -0.1) is 0 Å². The first kappa shape index (κ1) is 28.5. The summed E-state index contributed by atoms with van der Waals surface area (Å²) in [7, 11) is 1.52. The van der Waals surface area contributed by atoms with E-state index >= 15 is 0 Å². The zero-order valence-electron chi connectivity index (χ0n) is 23.1. The maximum absolute atomic E-state index is 13.9. The van der Waals surface area contributed by atoms with Gasteiger partial charge in [-0.1, -0.05) is 59.9 Å². The molecule has 0 bridgehead atoms. The van der Waals surface area contributed by atoms with E-state index in [2.05, 4.69) is 4.99 Å². The molecule has 11 heteroatoms. The Bertz CT molecular complexity index is 1880. The molecule has 0 N–H and O–H groups in total. The largest absolute Gasteiger partial charge is 0.493 e. The van der Waals surface area contributed by atoms with Gasteiger partial charge in [-0.2, -0.15) is 0 Å². The predicted molar refractivity (Wildman–Crippen MR) is 157 cm³/mol. The number of allylic oxidation sites excluding steroid dienone is 1. The van der Waals surface area contributed by atoms with E-state index in [9.17, 15) is 19.7 Å². The fourth-order valence-electron chi connectivity index (χ4n) is 4.70. The number of carbonyl (C=O) groups excluding carboxylic acids is 1. The van der Waals surface area contributed by atoms with Gasteiger partial charge in [0.25, 0.3) is 11.2 Å². The molecule has 10 nitrogen and oxygen atoms in total. The van der Waals surface area contributed by atoms with Crippen LogP contribution in [0.5, 0.6) is 11.5 Å². The SMILES string of the molecule is CCOC(=O)C1=C(C)N=c2s/c(=C\c3cccc([N+](=O)[O-])c3)c(=O)n2C1c1ccc(OCc2ccccc2)c(OC)c1. The number of non-ortho nitro benzene ring substituents is 1. The molecule has 0 fully saturated rings. The van der Waals surface area contributed by atoms with Crippen LogP contribution >= 0.6 is 11.3 Å². The zero-order chi connectivity index (χ0) is 29.8. The molecular weight excluding hydrogens is 558 g/mol. The van der Waals surface area contributed by atoms with Gasteiger partial charge in [-0.25, -0.2) is 9.79 Å². The average molecular weight is 586 g/mol. The van der Waals surface area contributed by atoms with Crippen LogP contribution < -0.4 is 24.4 Å². The van der Waals surface area contributed by atoms with Crippen LogP contribution in [-0.4, -0.2) is 29.2 Å². The first-order valence-electron chi connectivity index (χ1n) is 13.1. The summed E-state index contributed by atoms with van der Waals surface area (Å²) >= 11 is 1.14. The van der Waals surface area contributed by atoms with Crippen LogP contribution in [0.15, 0.2) is 93.9 Å². The number of carbonyl (C=O) groups is 1. The van der Waals surface area contributed by atoms with Crippen LogP contribution in [0.3, 0.4) is 0 Å². The lowest BCUT2D eigenvalue weighted by Gasteiger charge is -2.25. The van der Waals surface area contributed by atoms with E-state index in [4.69, 9.17) is 14.2 Å². The lowest BCUT2D eigenvalue weighted by Crippen LogP contribution is -2.40. The summed E-state index contributed by atoms with van der Waals surface area (Å²) in [5, 5.41) is 11.3. The van der Waals surface area contributed by atoms with Gasteiger partial charge >= 0.3 is 5.97 Å². The highest BCUT2D eigenvalue weighted by Crippen LogP contribution is 2.36. The van der Waals surface area contributed by atoms with Crippen LogP contribution in [0, 0.1) is 10.1 Å². The number of hydrogen-bond donors (Lipinski definition) is 0. The van der Waals surface area contributed by atoms with Gasteiger partial charge in [0.2, 0.25) is 0 Å². The van der Waals surface area contributed by atoms with Gasteiger partial charge in [0.1, 0.15) is 6.61 Å². The van der Waals surface area contributed by atoms with E-state index in [1.165, 1.54) is 23.8 Å². The molecule has 0 saturated heterocycles. The number of benzene rings is 3. The summed E-state index contributed by atoms with van der Waals surface area (Å²) in [4.78, 5) is 42.8. The minimum Gasteiger partial charge on any atom is -0.493 e. The quantitative estimate of drug-likeness (QED) is 0.163. The average Bonchev–Trinajstić information content (AvgIpc) is 3.29. The van der Waals surface area contributed by atoms with Gasteiger partial charge in [-0.3, -0.25) is 19.5 Å². The third-order valence-electron chi connectivity index (χ3n) is 6.64. The number of thiazole rings is 1. The zero-order valence-corrected chi connectivity index (χ0v) is 23.9.